The first-order valence-corrected chi connectivity index (χ1v) is 10.1. The molecule has 0 aliphatic carbocycles. The fourth-order valence-electron chi connectivity index (χ4n) is 3.21. The van der Waals surface area contributed by atoms with Gasteiger partial charge in [0.15, 0.2) is 11.5 Å². The molecular weight excluding hydrogens is 348 g/mol. The van der Waals surface area contributed by atoms with E-state index in [0.717, 1.165) is 49.0 Å². The van der Waals surface area contributed by atoms with Crippen LogP contribution in [-0.4, -0.2) is 21.3 Å². The Morgan fingerprint density at radius 3 is 1.89 bits per heavy atom. The lowest BCUT2D eigenvalue weighted by atomic mass is 10.00. The summed E-state index contributed by atoms with van der Waals surface area (Å²) in [6.07, 6.45) is 12.3. The molecule has 0 aliphatic heterocycles. The molecule has 0 heterocycles. The van der Waals surface area contributed by atoms with Crippen molar-refractivity contribution in [1.82, 2.24) is 0 Å². The number of allylic oxidation sites excluding steroid dienone is 6. The first kappa shape index (κ1) is 23.9. The first-order chi connectivity index (χ1) is 13.3. The van der Waals surface area contributed by atoms with Crippen LogP contribution in [0.3, 0.4) is 0 Å². The molecule has 3 nitrogen and oxygen atoms in total. The number of hydrogen-bond donors (Lipinski definition) is 0. The molecule has 0 radical (unpaired) electrons. The summed E-state index contributed by atoms with van der Waals surface area (Å²) in [6.45, 7) is 10.8. The Hall–Kier alpha value is -2.16. The maximum Gasteiger partial charge on any atom is 0.203 e. The molecule has 3 heteroatoms. The van der Waals surface area contributed by atoms with Crippen LogP contribution in [0.15, 0.2) is 41.0 Å². The van der Waals surface area contributed by atoms with E-state index in [-0.39, 0.29) is 0 Å². The second-order valence-electron chi connectivity index (χ2n) is 7.60. The highest BCUT2D eigenvalue weighted by atomic mass is 16.5. The van der Waals surface area contributed by atoms with Crippen molar-refractivity contribution in [2.45, 2.75) is 66.7 Å². The largest absolute Gasteiger partial charge is 0.493 e. The van der Waals surface area contributed by atoms with Gasteiger partial charge in [0, 0.05) is 5.56 Å². The minimum atomic E-state index is 0.659. The van der Waals surface area contributed by atoms with Crippen molar-refractivity contribution in [2.75, 3.05) is 21.3 Å². The van der Waals surface area contributed by atoms with Crippen LogP contribution in [-0.2, 0) is 6.42 Å². The number of rotatable bonds is 11. The van der Waals surface area contributed by atoms with Crippen molar-refractivity contribution < 1.29 is 14.2 Å². The highest BCUT2D eigenvalue weighted by molar-refractivity contribution is 5.59. The van der Waals surface area contributed by atoms with E-state index >= 15 is 0 Å². The lowest BCUT2D eigenvalue weighted by Crippen LogP contribution is -2.01. The second-order valence-corrected chi connectivity index (χ2v) is 7.60. The topological polar surface area (TPSA) is 27.7 Å². The average molecular weight is 387 g/mol. The quantitative estimate of drug-likeness (QED) is 0.384. The van der Waals surface area contributed by atoms with Gasteiger partial charge in [-0.2, -0.15) is 0 Å². The van der Waals surface area contributed by atoms with E-state index in [1.165, 1.54) is 16.7 Å². The van der Waals surface area contributed by atoms with Gasteiger partial charge >= 0.3 is 0 Å². The molecule has 0 unspecified atom stereocenters. The summed E-state index contributed by atoms with van der Waals surface area (Å²) < 4.78 is 16.6. The van der Waals surface area contributed by atoms with Gasteiger partial charge in [-0.05, 0) is 78.4 Å². The van der Waals surface area contributed by atoms with Gasteiger partial charge in [-0.15, -0.1) is 0 Å². The molecule has 0 fully saturated rings. The van der Waals surface area contributed by atoms with Crippen molar-refractivity contribution in [1.29, 1.82) is 0 Å². The fraction of sp³-hybridized carbons (Fsp3) is 0.520. The SMILES string of the molecule is COc1cc(C)c(C/C=C(\C)CC/C=C(\C)CCC=C(C)C)c(OC)c1OC. The van der Waals surface area contributed by atoms with Gasteiger partial charge in [0.2, 0.25) is 5.75 Å². The molecule has 1 aromatic rings. The first-order valence-electron chi connectivity index (χ1n) is 10.1. The van der Waals surface area contributed by atoms with Crippen molar-refractivity contribution in [3.8, 4) is 17.2 Å². The molecule has 1 rings (SSSR count). The molecule has 0 aromatic heterocycles. The Labute approximate surface area is 172 Å². The normalized spacial score (nSPS) is 12.0. The molecule has 0 atom stereocenters. The van der Waals surface area contributed by atoms with Gasteiger partial charge in [0.25, 0.3) is 0 Å². The standard InChI is InChI=1S/C25H38O3/c1-18(2)11-9-12-19(3)13-10-14-20(4)15-16-22-21(5)17-23(26-6)25(28-8)24(22)27-7/h11,13,15,17H,9-10,12,14,16H2,1-8H3/b19-13+,20-15+. The Kier molecular flexibility index (Phi) is 10.5. The van der Waals surface area contributed by atoms with E-state index < -0.39 is 0 Å². The van der Waals surface area contributed by atoms with Gasteiger partial charge in [-0.3, -0.25) is 0 Å². The molecule has 0 bridgehead atoms. The third kappa shape index (κ3) is 7.46. The van der Waals surface area contributed by atoms with Gasteiger partial charge in [-0.1, -0.05) is 34.9 Å². The van der Waals surface area contributed by atoms with E-state index in [1.54, 1.807) is 21.3 Å². The Morgan fingerprint density at radius 1 is 0.786 bits per heavy atom. The van der Waals surface area contributed by atoms with Crippen LogP contribution in [0.25, 0.3) is 0 Å². The van der Waals surface area contributed by atoms with Crippen LogP contribution < -0.4 is 14.2 Å². The maximum absolute atomic E-state index is 5.64. The molecule has 0 aliphatic rings. The number of methoxy groups -OCH3 is 3. The summed E-state index contributed by atoms with van der Waals surface area (Å²) in [4.78, 5) is 0. The average Bonchev–Trinajstić information content (AvgIpc) is 2.65. The molecule has 0 amide bonds. The number of benzene rings is 1. The lowest BCUT2D eigenvalue weighted by molar-refractivity contribution is 0.322. The lowest BCUT2D eigenvalue weighted by Gasteiger charge is -2.17. The smallest absolute Gasteiger partial charge is 0.203 e. The summed E-state index contributed by atoms with van der Waals surface area (Å²) in [5.74, 6) is 2.13. The number of aryl methyl sites for hydroxylation is 1. The van der Waals surface area contributed by atoms with Gasteiger partial charge < -0.3 is 14.2 Å². The van der Waals surface area contributed by atoms with Crippen LogP contribution in [0, 0.1) is 6.92 Å². The molecule has 0 saturated carbocycles. The Bertz CT molecular complexity index is 720. The predicted molar refractivity (Wildman–Crippen MR) is 120 cm³/mol. The Morgan fingerprint density at radius 2 is 1.36 bits per heavy atom. The zero-order chi connectivity index (χ0) is 21.1. The molecule has 0 spiro atoms. The van der Waals surface area contributed by atoms with Crippen molar-refractivity contribution in [3.05, 3.63) is 52.1 Å². The highest BCUT2D eigenvalue weighted by Gasteiger charge is 2.17. The summed E-state index contributed by atoms with van der Waals surface area (Å²) in [6, 6.07) is 2.01. The summed E-state index contributed by atoms with van der Waals surface area (Å²) in [5.41, 5.74) is 6.56. The molecule has 28 heavy (non-hydrogen) atoms. The third-order valence-corrected chi connectivity index (χ3v) is 4.93. The summed E-state index contributed by atoms with van der Waals surface area (Å²) in [5, 5.41) is 0. The second kappa shape index (κ2) is 12.3. The van der Waals surface area contributed by atoms with E-state index in [0.29, 0.717) is 11.5 Å². The predicted octanol–water partition coefficient (Wildman–Crippen LogP) is 6.98. The fourth-order valence-corrected chi connectivity index (χ4v) is 3.21. The number of ether oxygens (including phenoxy) is 3. The van der Waals surface area contributed by atoms with E-state index in [2.05, 4.69) is 52.8 Å². The van der Waals surface area contributed by atoms with Crippen molar-refractivity contribution in [3.63, 3.8) is 0 Å². The summed E-state index contributed by atoms with van der Waals surface area (Å²) >= 11 is 0. The van der Waals surface area contributed by atoms with Crippen molar-refractivity contribution >= 4 is 0 Å². The minimum Gasteiger partial charge on any atom is -0.493 e. The minimum absolute atomic E-state index is 0.659. The van der Waals surface area contributed by atoms with Crippen molar-refractivity contribution in [2.24, 2.45) is 0 Å². The van der Waals surface area contributed by atoms with Gasteiger partial charge in [0.05, 0.1) is 21.3 Å². The van der Waals surface area contributed by atoms with Crippen LogP contribution in [0.4, 0.5) is 0 Å². The number of hydrogen-bond acceptors (Lipinski definition) is 3. The maximum atomic E-state index is 5.64. The Balaban J connectivity index is 2.76. The van der Waals surface area contributed by atoms with Crippen LogP contribution >= 0.6 is 0 Å². The molecular formula is C25H38O3. The monoisotopic (exact) mass is 386 g/mol. The zero-order valence-electron chi connectivity index (χ0n) is 19.1. The molecule has 0 N–H and O–H groups in total. The van der Waals surface area contributed by atoms with Crippen LogP contribution in [0.5, 0.6) is 17.2 Å². The molecule has 156 valence electrons. The third-order valence-electron chi connectivity index (χ3n) is 4.93. The molecule has 0 saturated heterocycles. The summed E-state index contributed by atoms with van der Waals surface area (Å²) in [7, 11) is 4.97. The van der Waals surface area contributed by atoms with E-state index in [1.807, 2.05) is 6.07 Å². The molecule has 1 aromatic carbocycles. The van der Waals surface area contributed by atoms with Gasteiger partial charge in [0.1, 0.15) is 0 Å². The van der Waals surface area contributed by atoms with Gasteiger partial charge in [-0.25, -0.2) is 0 Å². The van der Waals surface area contributed by atoms with Crippen LogP contribution in [0.2, 0.25) is 0 Å². The highest BCUT2D eigenvalue weighted by Crippen LogP contribution is 2.42. The van der Waals surface area contributed by atoms with E-state index in [4.69, 9.17) is 14.2 Å². The zero-order valence-corrected chi connectivity index (χ0v) is 19.1. The van der Waals surface area contributed by atoms with E-state index in [9.17, 15) is 0 Å². The van der Waals surface area contributed by atoms with Crippen LogP contribution in [0.1, 0.15) is 64.5 Å².